The molecule has 0 bridgehead atoms. The molecule has 1 saturated heterocycles. The van der Waals surface area contributed by atoms with Gasteiger partial charge in [0.05, 0.1) is 13.2 Å². The van der Waals surface area contributed by atoms with Crippen LogP contribution in [0.4, 0.5) is 0 Å². The first-order valence-electron chi connectivity index (χ1n) is 3.19. The number of ether oxygens (including phenoxy) is 1. The van der Waals surface area contributed by atoms with Crippen LogP contribution in [0.2, 0.25) is 0 Å². The van der Waals surface area contributed by atoms with Crippen LogP contribution in [0, 0.1) is 0 Å². The van der Waals surface area contributed by atoms with Crippen LogP contribution >= 0.6 is 0 Å². The number of unbranched alkanes of at least 4 members (excludes halogenated alkanes) is 1. The minimum absolute atomic E-state index is 0.844. The zero-order valence-electron chi connectivity index (χ0n) is 5.52. The quantitative estimate of drug-likeness (QED) is 0.542. The first-order valence-corrected chi connectivity index (χ1v) is 3.19. The minimum Gasteiger partial charge on any atom is -0.377 e. The number of nitrogens with two attached hydrogens (primary N) is 1. The zero-order valence-corrected chi connectivity index (χ0v) is 5.52. The highest BCUT2D eigenvalue weighted by Gasteiger charge is 1.94. The molecule has 0 aromatic carbocycles. The van der Waals surface area contributed by atoms with Crippen LogP contribution in [0.1, 0.15) is 19.8 Å². The fourth-order valence-corrected chi connectivity index (χ4v) is 0.204. The first-order chi connectivity index (χ1) is 3.91. The number of rotatable bonds is 2. The minimum atomic E-state index is 0.844. The maximum atomic E-state index is 5.14. The second kappa shape index (κ2) is 6.92. The third-order valence-corrected chi connectivity index (χ3v) is 0.762. The van der Waals surface area contributed by atoms with Crippen LogP contribution in [0.3, 0.4) is 0 Å². The van der Waals surface area contributed by atoms with Gasteiger partial charge < -0.3 is 10.5 Å². The Morgan fingerprint density at radius 3 is 2.00 bits per heavy atom. The molecule has 0 saturated carbocycles. The summed E-state index contributed by atoms with van der Waals surface area (Å²) in [5.41, 5.74) is 5.14. The maximum absolute atomic E-state index is 5.14. The van der Waals surface area contributed by atoms with E-state index in [1.807, 2.05) is 0 Å². The van der Waals surface area contributed by atoms with Crippen molar-refractivity contribution in [3.8, 4) is 0 Å². The average Bonchev–Trinajstić information content (AvgIpc) is 2.50. The Bertz CT molecular complexity index is 32.8. The van der Waals surface area contributed by atoms with Crippen molar-refractivity contribution in [1.82, 2.24) is 0 Å². The second-order valence-corrected chi connectivity index (χ2v) is 1.75. The summed E-state index contributed by atoms with van der Waals surface area (Å²) in [6, 6.07) is 0. The van der Waals surface area contributed by atoms with E-state index in [4.69, 9.17) is 5.73 Å². The summed E-state index contributed by atoms with van der Waals surface area (Å²) in [6.45, 7) is 4.98. The summed E-state index contributed by atoms with van der Waals surface area (Å²) in [7, 11) is 0. The molecule has 50 valence electrons. The summed E-state index contributed by atoms with van der Waals surface area (Å²) in [5, 5.41) is 0. The summed E-state index contributed by atoms with van der Waals surface area (Å²) in [6.07, 6.45) is 2.39. The van der Waals surface area contributed by atoms with Gasteiger partial charge in [-0.2, -0.15) is 0 Å². The predicted octanol–water partition coefficient (Wildman–Crippen LogP) is 0.762. The van der Waals surface area contributed by atoms with E-state index in [1.165, 1.54) is 12.8 Å². The molecule has 0 aromatic rings. The van der Waals surface area contributed by atoms with Gasteiger partial charge in [0.25, 0.3) is 0 Å². The van der Waals surface area contributed by atoms with Crippen molar-refractivity contribution in [3.63, 3.8) is 0 Å². The van der Waals surface area contributed by atoms with E-state index < -0.39 is 0 Å². The topological polar surface area (TPSA) is 38.5 Å². The molecule has 1 aliphatic rings. The lowest BCUT2D eigenvalue weighted by atomic mass is 10.3. The van der Waals surface area contributed by atoms with Crippen molar-refractivity contribution in [1.29, 1.82) is 0 Å². The third-order valence-electron chi connectivity index (χ3n) is 0.762. The van der Waals surface area contributed by atoms with Gasteiger partial charge in [0.15, 0.2) is 0 Å². The highest BCUT2D eigenvalue weighted by Crippen LogP contribution is 1.84. The molecule has 0 aliphatic carbocycles. The van der Waals surface area contributed by atoms with E-state index in [1.54, 1.807) is 0 Å². The lowest BCUT2D eigenvalue weighted by molar-refractivity contribution is 0.475. The van der Waals surface area contributed by atoms with E-state index in [9.17, 15) is 0 Å². The fraction of sp³-hybridized carbons (Fsp3) is 1.00. The Hall–Kier alpha value is -0.0800. The summed E-state index contributed by atoms with van der Waals surface area (Å²) < 4.78 is 4.50. The van der Waals surface area contributed by atoms with Crippen LogP contribution in [-0.2, 0) is 4.74 Å². The molecule has 1 aliphatic heterocycles. The summed E-state index contributed by atoms with van der Waals surface area (Å²) >= 11 is 0. The molecule has 2 nitrogen and oxygen atoms in total. The van der Waals surface area contributed by atoms with Crippen LogP contribution in [-0.4, -0.2) is 19.8 Å². The highest BCUT2D eigenvalue weighted by molar-refractivity contribution is 4.36. The SMILES string of the molecule is C1CO1.CCCCN. The molecule has 1 heterocycles. The third kappa shape index (κ3) is 16.8. The maximum Gasteiger partial charge on any atom is 0.0701 e. The Kier molecular flexibility index (Phi) is 6.85. The van der Waals surface area contributed by atoms with E-state index in [2.05, 4.69) is 11.7 Å². The Balaban J connectivity index is 0.000000135. The van der Waals surface area contributed by atoms with Crippen molar-refractivity contribution in [2.75, 3.05) is 19.8 Å². The van der Waals surface area contributed by atoms with E-state index in [0.29, 0.717) is 0 Å². The van der Waals surface area contributed by atoms with Gasteiger partial charge in [-0.15, -0.1) is 0 Å². The van der Waals surface area contributed by atoms with Gasteiger partial charge in [0.1, 0.15) is 0 Å². The molecule has 0 atom stereocenters. The van der Waals surface area contributed by atoms with Gasteiger partial charge in [-0.1, -0.05) is 13.3 Å². The van der Waals surface area contributed by atoms with Crippen LogP contribution in [0.5, 0.6) is 0 Å². The number of hydrogen-bond donors (Lipinski definition) is 1. The van der Waals surface area contributed by atoms with E-state index in [-0.39, 0.29) is 0 Å². The molecule has 2 N–H and O–H groups in total. The molecule has 0 aromatic heterocycles. The smallest absolute Gasteiger partial charge is 0.0701 e. The normalized spacial score (nSPS) is 14.2. The van der Waals surface area contributed by atoms with Crippen molar-refractivity contribution < 1.29 is 4.74 Å². The molecule has 0 radical (unpaired) electrons. The fourth-order valence-electron chi connectivity index (χ4n) is 0.204. The first kappa shape index (κ1) is 7.92. The van der Waals surface area contributed by atoms with E-state index in [0.717, 1.165) is 19.8 Å². The standard InChI is InChI=1S/C4H11N.C2H4O/c1-2-3-4-5;1-2-3-1/h2-5H2,1H3;1-2H2. The van der Waals surface area contributed by atoms with Crippen molar-refractivity contribution in [2.45, 2.75) is 19.8 Å². The van der Waals surface area contributed by atoms with Gasteiger partial charge in [-0.05, 0) is 13.0 Å². The Morgan fingerprint density at radius 1 is 1.50 bits per heavy atom. The molecular formula is C6H15NO. The average molecular weight is 117 g/mol. The number of epoxide rings is 1. The Labute approximate surface area is 51.0 Å². The molecule has 0 amide bonds. The van der Waals surface area contributed by atoms with Gasteiger partial charge in [-0.25, -0.2) is 0 Å². The molecule has 1 rings (SSSR count). The lowest BCUT2D eigenvalue weighted by Crippen LogP contribution is -1.95. The lowest BCUT2D eigenvalue weighted by Gasteiger charge is -1.80. The van der Waals surface area contributed by atoms with E-state index >= 15 is 0 Å². The van der Waals surface area contributed by atoms with Crippen molar-refractivity contribution in [3.05, 3.63) is 0 Å². The highest BCUT2D eigenvalue weighted by atomic mass is 16.6. The van der Waals surface area contributed by atoms with Gasteiger partial charge in [-0.3, -0.25) is 0 Å². The largest absolute Gasteiger partial charge is 0.377 e. The zero-order chi connectivity index (χ0) is 6.24. The molecule has 1 fully saturated rings. The van der Waals surface area contributed by atoms with Gasteiger partial charge >= 0.3 is 0 Å². The summed E-state index contributed by atoms with van der Waals surface area (Å²) in [5.74, 6) is 0. The molecule has 0 unspecified atom stereocenters. The number of hydrogen-bond acceptors (Lipinski definition) is 2. The monoisotopic (exact) mass is 117 g/mol. The Morgan fingerprint density at radius 2 is 2.00 bits per heavy atom. The van der Waals surface area contributed by atoms with Crippen molar-refractivity contribution in [2.24, 2.45) is 5.73 Å². The molecular weight excluding hydrogens is 102 g/mol. The van der Waals surface area contributed by atoms with Crippen LogP contribution in [0.15, 0.2) is 0 Å². The molecule has 0 spiro atoms. The van der Waals surface area contributed by atoms with Crippen molar-refractivity contribution >= 4 is 0 Å². The molecule has 8 heavy (non-hydrogen) atoms. The summed E-state index contributed by atoms with van der Waals surface area (Å²) in [4.78, 5) is 0. The predicted molar refractivity (Wildman–Crippen MR) is 34.8 cm³/mol. The second-order valence-electron chi connectivity index (χ2n) is 1.75. The van der Waals surface area contributed by atoms with Gasteiger partial charge in [0.2, 0.25) is 0 Å². The molecule has 2 heteroatoms. The van der Waals surface area contributed by atoms with Crippen LogP contribution < -0.4 is 5.73 Å². The van der Waals surface area contributed by atoms with Crippen LogP contribution in [0.25, 0.3) is 0 Å². The van der Waals surface area contributed by atoms with Gasteiger partial charge in [0, 0.05) is 0 Å².